The van der Waals surface area contributed by atoms with Gasteiger partial charge in [0.05, 0.1) is 5.56 Å². The third-order valence-electron chi connectivity index (χ3n) is 1.81. The molecule has 0 aliphatic carbocycles. The lowest BCUT2D eigenvalue weighted by molar-refractivity contribution is -0.137. The lowest BCUT2D eigenvalue weighted by atomic mass is 10.1. The van der Waals surface area contributed by atoms with Crippen LogP contribution in [-0.2, 0) is 6.18 Å². The second-order valence-corrected chi connectivity index (χ2v) is 3.88. The maximum atomic E-state index is 12.3. The molecular formula is C9H9BrF3N. The molecule has 0 saturated heterocycles. The number of hydrogen-bond acceptors (Lipinski definition) is 1. The van der Waals surface area contributed by atoms with Gasteiger partial charge in [-0.25, -0.2) is 0 Å². The minimum atomic E-state index is -4.32. The Bertz CT molecular complexity index is 333. The predicted octanol–water partition coefficient (Wildman–Crippen LogP) is 3.49. The summed E-state index contributed by atoms with van der Waals surface area (Å²) in [5.41, 5.74) is 5.31. The van der Waals surface area contributed by atoms with Gasteiger partial charge in [0.15, 0.2) is 0 Å². The van der Waals surface area contributed by atoms with Crippen LogP contribution in [-0.4, -0.2) is 0 Å². The summed E-state index contributed by atoms with van der Waals surface area (Å²) in [5.74, 6) is 0. The first-order valence-electron chi connectivity index (χ1n) is 3.94. The molecule has 0 amide bonds. The van der Waals surface area contributed by atoms with Gasteiger partial charge in [-0.3, -0.25) is 0 Å². The average Bonchev–Trinajstić information content (AvgIpc) is 2.02. The smallest absolute Gasteiger partial charge is 0.324 e. The molecule has 0 saturated carbocycles. The quantitative estimate of drug-likeness (QED) is 0.828. The Morgan fingerprint density at radius 1 is 1.36 bits per heavy atom. The standard InChI is InChI=1S/C9H9BrF3N/c1-5(14)7-4-6(9(11,12)13)2-3-8(7)10/h2-5H,14H2,1H3/t5-/m1/s1. The van der Waals surface area contributed by atoms with E-state index in [1.807, 2.05) is 0 Å². The third-order valence-corrected chi connectivity index (χ3v) is 2.54. The van der Waals surface area contributed by atoms with Crippen LogP contribution in [0.15, 0.2) is 22.7 Å². The summed E-state index contributed by atoms with van der Waals surface area (Å²) in [7, 11) is 0. The van der Waals surface area contributed by atoms with E-state index in [1.54, 1.807) is 6.92 Å². The molecule has 2 N–H and O–H groups in total. The Morgan fingerprint density at radius 2 is 1.93 bits per heavy atom. The zero-order valence-corrected chi connectivity index (χ0v) is 8.98. The Labute approximate surface area is 88.2 Å². The molecule has 5 heteroatoms. The van der Waals surface area contributed by atoms with Crippen LogP contribution in [0.25, 0.3) is 0 Å². The van der Waals surface area contributed by atoms with Crippen LogP contribution < -0.4 is 5.73 Å². The Morgan fingerprint density at radius 3 is 2.36 bits per heavy atom. The molecule has 0 aromatic heterocycles. The summed E-state index contributed by atoms with van der Waals surface area (Å²) in [4.78, 5) is 0. The number of alkyl halides is 3. The van der Waals surface area contributed by atoms with Gasteiger partial charge in [-0.2, -0.15) is 13.2 Å². The SMILES string of the molecule is C[C@@H](N)c1cc(C(F)(F)F)ccc1Br. The van der Waals surface area contributed by atoms with Gasteiger partial charge in [0.2, 0.25) is 0 Å². The molecule has 0 spiro atoms. The summed E-state index contributed by atoms with van der Waals surface area (Å²) in [6, 6.07) is 3.03. The van der Waals surface area contributed by atoms with Gasteiger partial charge in [0, 0.05) is 10.5 Å². The summed E-state index contributed by atoms with van der Waals surface area (Å²) in [6.07, 6.45) is -4.32. The molecule has 14 heavy (non-hydrogen) atoms. The van der Waals surface area contributed by atoms with Gasteiger partial charge < -0.3 is 5.73 Å². The van der Waals surface area contributed by atoms with Gasteiger partial charge >= 0.3 is 6.18 Å². The van der Waals surface area contributed by atoms with Gasteiger partial charge in [-0.1, -0.05) is 15.9 Å². The molecule has 1 atom stereocenters. The number of rotatable bonds is 1. The molecule has 78 valence electrons. The molecule has 0 fully saturated rings. The van der Waals surface area contributed by atoms with E-state index in [0.29, 0.717) is 10.0 Å². The highest BCUT2D eigenvalue weighted by atomic mass is 79.9. The predicted molar refractivity (Wildman–Crippen MR) is 51.7 cm³/mol. The Balaban J connectivity index is 3.20. The number of hydrogen-bond donors (Lipinski definition) is 1. The Kier molecular flexibility index (Phi) is 3.21. The molecule has 0 radical (unpaired) electrons. The molecule has 1 rings (SSSR count). The van der Waals surface area contributed by atoms with Crippen molar-refractivity contribution >= 4 is 15.9 Å². The zero-order valence-electron chi connectivity index (χ0n) is 7.40. The lowest BCUT2D eigenvalue weighted by Gasteiger charge is -2.12. The van der Waals surface area contributed by atoms with Gasteiger partial charge in [0.25, 0.3) is 0 Å². The second kappa shape index (κ2) is 3.90. The largest absolute Gasteiger partial charge is 0.416 e. The first kappa shape index (κ1) is 11.5. The monoisotopic (exact) mass is 267 g/mol. The fourth-order valence-corrected chi connectivity index (χ4v) is 1.68. The topological polar surface area (TPSA) is 26.0 Å². The van der Waals surface area contributed by atoms with Crippen molar-refractivity contribution in [2.75, 3.05) is 0 Å². The summed E-state index contributed by atoms with van der Waals surface area (Å²) < 4.78 is 37.5. The van der Waals surface area contributed by atoms with Crippen molar-refractivity contribution in [1.82, 2.24) is 0 Å². The van der Waals surface area contributed by atoms with E-state index in [2.05, 4.69) is 15.9 Å². The molecule has 1 aromatic carbocycles. The van der Waals surface area contributed by atoms with E-state index in [4.69, 9.17) is 5.73 Å². The summed E-state index contributed by atoms with van der Waals surface area (Å²) in [6.45, 7) is 1.64. The highest BCUT2D eigenvalue weighted by Crippen LogP contribution is 2.33. The lowest BCUT2D eigenvalue weighted by Crippen LogP contribution is -2.10. The van der Waals surface area contributed by atoms with Crippen LogP contribution in [0.4, 0.5) is 13.2 Å². The van der Waals surface area contributed by atoms with Crippen molar-refractivity contribution in [3.05, 3.63) is 33.8 Å². The molecule has 0 heterocycles. The molecule has 0 aliphatic heterocycles. The van der Waals surface area contributed by atoms with Crippen LogP contribution in [0.2, 0.25) is 0 Å². The van der Waals surface area contributed by atoms with Crippen molar-refractivity contribution < 1.29 is 13.2 Å². The van der Waals surface area contributed by atoms with E-state index in [0.717, 1.165) is 12.1 Å². The van der Waals surface area contributed by atoms with Crippen LogP contribution in [0.3, 0.4) is 0 Å². The van der Waals surface area contributed by atoms with Gasteiger partial charge in [0.1, 0.15) is 0 Å². The van der Waals surface area contributed by atoms with Crippen LogP contribution in [0.5, 0.6) is 0 Å². The maximum Gasteiger partial charge on any atom is 0.416 e. The number of benzene rings is 1. The molecule has 0 aliphatic rings. The van der Waals surface area contributed by atoms with Crippen molar-refractivity contribution in [1.29, 1.82) is 0 Å². The summed E-state index contributed by atoms with van der Waals surface area (Å²) in [5, 5.41) is 0. The van der Waals surface area contributed by atoms with Crippen LogP contribution in [0.1, 0.15) is 24.1 Å². The second-order valence-electron chi connectivity index (χ2n) is 3.02. The minimum Gasteiger partial charge on any atom is -0.324 e. The fourth-order valence-electron chi connectivity index (χ4n) is 1.07. The minimum absolute atomic E-state index is 0.424. The molecule has 1 nitrogen and oxygen atoms in total. The van der Waals surface area contributed by atoms with Gasteiger partial charge in [-0.15, -0.1) is 0 Å². The molecule has 0 bridgehead atoms. The molecular weight excluding hydrogens is 259 g/mol. The Hall–Kier alpha value is -0.550. The maximum absolute atomic E-state index is 12.3. The first-order valence-corrected chi connectivity index (χ1v) is 4.74. The van der Waals surface area contributed by atoms with Crippen LogP contribution in [0, 0.1) is 0 Å². The van der Waals surface area contributed by atoms with E-state index in [9.17, 15) is 13.2 Å². The van der Waals surface area contributed by atoms with E-state index >= 15 is 0 Å². The van der Waals surface area contributed by atoms with Crippen LogP contribution >= 0.6 is 15.9 Å². The van der Waals surface area contributed by atoms with Crippen molar-refractivity contribution in [2.45, 2.75) is 19.1 Å². The van der Waals surface area contributed by atoms with E-state index < -0.39 is 17.8 Å². The normalized spacial score (nSPS) is 14.1. The van der Waals surface area contributed by atoms with Crippen molar-refractivity contribution in [3.63, 3.8) is 0 Å². The fraction of sp³-hybridized carbons (Fsp3) is 0.333. The molecule has 0 unspecified atom stereocenters. The average molecular weight is 268 g/mol. The van der Waals surface area contributed by atoms with Gasteiger partial charge in [-0.05, 0) is 30.7 Å². The molecule has 1 aromatic rings. The highest BCUT2D eigenvalue weighted by molar-refractivity contribution is 9.10. The van der Waals surface area contributed by atoms with Crippen molar-refractivity contribution in [2.24, 2.45) is 5.73 Å². The zero-order chi connectivity index (χ0) is 10.9. The van der Waals surface area contributed by atoms with E-state index in [1.165, 1.54) is 6.07 Å². The number of halogens is 4. The summed E-state index contributed by atoms with van der Waals surface area (Å²) >= 11 is 3.15. The highest BCUT2D eigenvalue weighted by Gasteiger charge is 2.31. The van der Waals surface area contributed by atoms with Crippen molar-refractivity contribution in [3.8, 4) is 0 Å². The first-order chi connectivity index (χ1) is 6.32. The third kappa shape index (κ3) is 2.48. The number of nitrogens with two attached hydrogens (primary N) is 1. The van der Waals surface area contributed by atoms with E-state index in [-0.39, 0.29) is 0 Å².